The lowest BCUT2D eigenvalue weighted by Crippen LogP contribution is -2.41. The Bertz CT molecular complexity index is 695. The average molecular weight is 374 g/mol. The Morgan fingerprint density at radius 3 is 2.19 bits per heavy atom. The summed E-state index contributed by atoms with van der Waals surface area (Å²) >= 11 is 0. The monoisotopic (exact) mass is 373 g/mol. The van der Waals surface area contributed by atoms with Gasteiger partial charge >= 0.3 is 0 Å². The van der Waals surface area contributed by atoms with Gasteiger partial charge in [0.1, 0.15) is 0 Å². The van der Waals surface area contributed by atoms with E-state index in [1.165, 1.54) is 16.7 Å². The highest BCUT2D eigenvalue weighted by Crippen LogP contribution is 2.17. The van der Waals surface area contributed by atoms with Crippen LogP contribution in [0.25, 0.3) is 0 Å². The molecule has 4 heteroatoms. The maximum Gasteiger partial charge on any atom is 0.0972 e. The molecule has 2 aromatic rings. The highest BCUT2D eigenvalue weighted by molar-refractivity contribution is 7.84. The van der Waals surface area contributed by atoms with E-state index in [4.69, 9.17) is 0 Å². The molecule has 0 heterocycles. The van der Waals surface area contributed by atoms with Gasteiger partial charge in [-0.05, 0) is 63.1 Å². The maximum atomic E-state index is 12.6. The van der Waals surface area contributed by atoms with Gasteiger partial charge in [0.15, 0.2) is 0 Å². The third-order valence-electron chi connectivity index (χ3n) is 4.42. The number of aryl methyl sites for hydroxylation is 1. The van der Waals surface area contributed by atoms with Gasteiger partial charge in [-0.1, -0.05) is 54.6 Å². The highest BCUT2D eigenvalue weighted by Gasteiger charge is 2.23. The third-order valence-corrected chi connectivity index (χ3v) is 6.08. The molecule has 0 unspecified atom stereocenters. The number of hydrogen-bond acceptors (Lipinski definition) is 2. The molecule has 0 aromatic heterocycles. The lowest BCUT2D eigenvalue weighted by Gasteiger charge is -2.25. The molecule has 0 bridgehead atoms. The van der Waals surface area contributed by atoms with Crippen LogP contribution in [0.4, 0.5) is 0 Å². The summed E-state index contributed by atoms with van der Waals surface area (Å²) in [4.78, 5) is 0. The number of rotatable bonds is 9. The molecule has 0 aliphatic heterocycles. The Morgan fingerprint density at radius 1 is 0.962 bits per heavy atom. The first-order valence-corrected chi connectivity index (χ1v) is 10.4. The molecular formula is C22H31NO2S. The van der Waals surface area contributed by atoms with Gasteiger partial charge in [0.2, 0.25) is 0 Å². The Kier molecular flexibility index (Phi) is 8.01. The molecule has 142 valence electrons. The van der Waals surface area contributed by atoms with Crippen LogP contribution in [-0.4, -0.2) is 26.7 Å². The van der Waals surface area contributed by atoms with Crippen LogP contribution in [0, 0.1) is 0 Å². The smallest absolute Gasteiger partial charge is 0.0972 e. The van der Waals surface area contributed by atoms with Crippen LogP contribution in [0.1, 0.15) is 43.9 Å². The van der Waals surface area contributed by atoms with E-state index >= 15 is 0 Å². The molecule has 2 aromatic carbocycles. The number of aliphatic hydroxyl groups is 1. The van der Waals surface area contributed by atoms with Crippen molar-refractivity contribution in [3.63, 3.8) is 0 Å². The fraction of sp³-hybridized carbons (Fsp3) is 0.455. The van der Waals surface area contributed by atoms with Crippen molar-refractivity contribution in [2.24, 2.45) is 0 Å². The van der Waals surface area contributed by atoms with Gasteiger partial charge in [-0.2, -0.15) is 0 Å². The van der Waals surface area contributed by atoms with Crippen LogP contribution < -0.4 is 4.72 Å². The Morgan fingerprint density at radius 2 is 1.58 bits per heavy atom. The van der Waals surface area contributed by atoms with Crippen molar-refractivity contribution < 1.29 is 9.32 Å². The standard InChI is InChI=1S/C22H31NO2S/c1-22(2,3)26(25)23-21(14-13-18-9-5-4-6-10-18)17-20-12-8-7-11-19(20)15-16-24/h4-12,21,23-24H,13-17H2,1-3H3/t21-,26+/m0/s1. The van der Waals surface area contributed by atoms with Gasteiger partial charge in [0.05, 0.1) is 15.7 Å². The molecule has 26 heavy (non-hydrogen) atoms. The van der Waals surface area contributed by atoms with Crippen molar-refractivity contribution in [3.8, 4) is 0 Å². The second-order valence-corrected chi connectivity index (χ2v) is 9.66. The zero-order valence-electron chi connectivity index (χ0n) is 16.1. The topological polar surface area (TPSA) is 49.3 Å². The predicted octanol–water partition coefficient (Wildman–Crippen LogP) is 3.82. The Hall–Kier alpha value is -1.49. The first-order chi connectivity index (χ1) is 12.4. The molecule has 2 atom stereocenters. The first kappa shape index (κ1) is 20.8. The zero-order valence-corrected chi connectivity index (χ0v) is 16.9. The molecule has 3 nitrogen and oxygen atoms in total. The van der Waals surface area contributed by atoms with E-state index in [0.717, 1.165) is 19.3 Å². The van der Waals surface area contributed by atoms with Crippen molar-refractivity contribution in [2.75, 3.05) is 6.61 Å². The van der Waals surface area contributed by atoms with E-state index in [1.54, 1.807) is 0 Å². The summed E-state index contributed by atoms with van der Waals surface area (Å²) in [6, 6.07) is 18.8. The summed E-state index contributed by atoms with van der Waals surface area (Å²) in [7, 11) is -1.11. The van der Waals surface area contributed by atoms with E-state index in [-0.39, 0.29) is 17.4 Å². The minimum atomic E-state index is -1.11. The average Bonchev–Trinajstić information content (AvgIpc) is 2.61. The molecule has 0 saturated carbocycles. The Balaban J connectivity index is 2.13. The second kappa shape index (κ2) is 10.0. The minimum absolute atomic E-state index is 0.120. The molecule has 0 saturated heterocycles. The van der Waals surface area contributed by atoms with Gasteiger partial charge in [0.25, 0.3) is 0 Å². The van der Waals surface area contributed by atoms with E-state index < -0.39 is 11.0 Å². The van der Waals surface area contributed by atoms with Crippen LogP contribution in [0.5, 0.6) is 0 Å². The van der Waals surface area contributed by atoms with Gasteiger partial charge < -0.3 is 5.11 Å². The summed E-state index contributed by atoms with van der Waals surface area (Å²) in [5, 5.41) is 9.32. The van der Waals surface area contributed by atoms with Crippen LogP contribution in [0.3, 0.4) is 0 Å². The molecule has 0 fully saturated rings. The van der Waals surface area contributed by atoms with E-state index in [0.29, 0.717) is 6.42 Å². The summed E-state index contributed by atoms with van der Waals surface area (Å²) in [5.41, 5.74) is 3.69. The highest BCUT2D eigenvalue weighted by atomic mass is 32.2. The first-order valence-electron chi connectivity index (χ1n) is 9.30. The molecular weight excluding hydrogens is 342 g/mol. The molecule has 2 N–H and O–H groups in total. The molecule has 0 amide bonds. The summed E-state index contributed by atoms with van der Waals surface area (Å²) < 4.78 is 15.7. The van der Waals surface area contributed by atoms with E-state index in [9.17, 15) is 9.32 Å². The third kappa shape index (κ3) is 6.67. The van der Waals surface area contributed by atoms with Gasteiger partial charge in [-0.25, -0.2) is 8.93 Å². The van der Waals surface area contributed by atoms with Crippen molar-refractivity contribution in [1.82, 2.24) is 4.72 Å². The molecule has 0 spiro atoms. The largest absolute Gasteiger partial charge is 0.396 e. The number of nitrogens with one attached hydrogen (secondary N) is 1. The minimum Gasteiger partial charge on any atom is -0.396 e. The lowest BCUT2D eigenvalue weighted by atomic mass is 9.95. The lowest BCUT2D eigenvalue weighted by molar-refractivity contribution is 0.299. The molecule has 0 aliphatic rings. The van der Waals surface area contributed by atoms with Gasteiger partial charge in [-0.3, -0.25) is 0 Å². The van der Waals surface area contributed by atoms with Crippen LogP contribution in [0.2, 0.25) is 0 Å². The van der Waals surface area contributed by atoms with Gasteiger partial charge in [-0.15, -0.1) is 0 Å². The SMILES string of the molecule is CC(C)(C)[S@@](=O)N[C@@H](CCc1ccccc1)Cc1ccccc1CCO. The zero-order chi connectivity index (χ0) is 19.0. The van der Waals surface area contributed by atoms with E-state index in [2.05, 4.69) is 41.1 Å². The number of hydrogen-bond donors (Lipinski definition) is 2. The van der Waals surface area contributed by atoms with Crippen molar-refractivity contribution in [1.29, 1.82) is 0 Å². The molecule has 0 radical (unpaired) electrons. The van der Waals surface area contributed by atoms with Crippen molar-refractivity contribution in [3.05, 3.63) is 71.3 Å². The number of aliphatic hydroxyl groups excluding tert-OH is 1. The summed E-state index contributed by atoms with van der Waals surface area (Å²) in [5.74, 6) is 0. The Labute approximate surface area is 160 Å². The molecule has 0 aliphatic carbocycles. The fourth-order valence-corrected chi connectivity index (χ4v) is 3.76. The summed E-state index contributed by atoms with van der Waals surface area (Å²) in [6.07, 6.45) is 3.33. The maximum absolute atomic E-state index is 12.6. The fourth-order valence-electron chi connectivity index (χ4n) is 2.90. The normalized spacial score (nSPS) is 14.2. The van der Waals surface area contributed by atoms with Crippen LogP contribution in [-0.2, 0) is 30.2 Å². The van der Waals surface area contributed by atoms with Crippen LogP contribution >= 0.6 is 0 Å². The predicted molar refractivity (Wildman–Crippen MR) is 111 cm³/mol. The summed E-state index contributed by atoms with van der Waals surface area (Å²) in [6.45, 7) is 6.12. The van der Waals surface area contributed by atoms with Crippen molar-refractivity contribution >= 4 is 11.0 Å². The second-order valence-electron chi connectivity index (χ2n) is 7.67. The van der Waals surface area contributed by atoms with Gasteiger partial charge in [0, 0.05) is 12.6 Å². The quantitative estimate of drug-likeness (QED) is 0.702. The molecule has 2 rings (SSSR count). The van der Waals surface area contributed by atoms with Crippen molar-refractivity contribution in [2.45, 2.75) is 57.2 Å². The van der Waals surface area contributed by atoms with Crippen LogP contribution in [0.15, 0.2) is 54.6 Å². The number of benzene rings is 2. The van der Waals surface area contributed by atoms with E-state index in [1.807, 2.05) is 39.0 Å².